The SMILES string of the molecule is CC(C)OP(=O)(OC(C)C)c1ccccc1S(=O)O[C@H](C)c1c(C(C)C)cc(C(C)C)cc1C(C)C. The second kappa shape index (κ2) is 13.0. The molecule has 0 saturated carbocycles. The zero-order valence-corrected chi connectivity index (χ0v) is 25.5. The lowest BCUT2D eigenvalue weighted by Crippen LogP contribution is -2.21. The van der Waals surface area contributed by atoms with Crippen LogP contribution in [-0.2, 0) is 28.9 Å². The van der Waals surface area contributed by atoms with Crippen LogP contribution in [0.3, 0.4) is 0 Å². The molecule has 2 aromatic rings. The summed E-state index contributed by atoms with van der Waals surface area (Å²) in [7, 11) is -3.73. The van der Waals surface area contributed by atoms with Crippen molar-refractivity contribution in [3.63, 3.8) is 0 Å². The van der Waals surface area contributed by atoms with Crippen molar-refractivity contribution in [1.29, 1.82) is 0 Å². The van der Waals surface area contributed by atoms with Crippen molar-refractivity contribution in [3.8, 4) is 0 Å². The van der Waals surface area contributed by atoms with Gasteiger partial charge in [-0.2, -0.15) is 0 Å². The summed E-state index contributed by atoms with van der Waals surface area (Å²) in [6.45, 7) is 22.3. The molecule has 2 aromatic carbocycles. The lowest BCUT2D eigenvalue weighted by atomic mass is 9.83. The van der Waals surface area contributed by atoms with Crippen molar-refractivity contribution in [2.75, 3.05) is 0 Å². The molecule has 0 fully saturated rings. The first-order valence-electron chi connectivity index (χ1n) is 13.0. The third kappa shape index (κ3) is 7.61. The first-order valence-corrected chi connectivity index (χ1v) is 15.6. The van der Waals surface area contributed by atoms with Gasteiger partial charge in [-0.15, -0.1) is 0 Å². The molecule has 0 radical (unpaired) electrons. The first-order chi connectivity index (χ1) is 16.7. The van der Waals surface area contributed by atoms with Gasteiger partial charge in [-0.05, 0) is 86.8 Å². The largest absolute Gasteiger partial charge is 0.363 e. The van der Waals surface area contributed by atoms with Gasteiger partial charge in [0, 0.05) is 0 Å². The molecule has 0 bridgehead atoms. The summed E-state index contributed by atoms with van der Waals surface area (Å²) >= 11 is -1.89. The lowest BCUT2D eigenvalue weighted by molar-refractivity contribution is 0.149. The van der Waals surface area contributed by atoms with Crippen LogP contribution in [0.25, 0.3) is 0 Å². The van der Waals surface area contributed by atoms with Crippen LogP contribution in [0.4, 0.5) is 0 Å². The smallest absolute Gasteiger partial charge is 0.302 e. The molecular formula is C29H45O5PS. The van der Waals surface area contributed by atoms with Crippen LogP contribution in [0.5, 0.6) is 0 Å². The molecule has 7 heteroatoms. The van der Waals surface area contributed by atoms with Crippen LogP contribution in [0.15, 0.2) is 41.3 Å². The predicted molar refractivity (Wildman–Crippen MR) is 151 cm³/mol. The van der Waals surface area contributed by atoms with Gasteiger partial charge in [0.15, 0.2) is 11.1 Å². The van der Waals surface area contributed by atoms with E-state index in [4.69, 9.17) is 13.2 Å². The molecule has 0 amide bonds. The van der Waals surface area contributed by atoms with E-state index in [1.807, 2.05) is 6.92 Å². The van der Waals surface area contributed by atoms with E-state index in [-0.39, 0.29) is 29.3 Å². The van der Waals surface area contributed by atoms with E-state index in [9.17, 15) is 8.77 Å². The molecule has 0 saturated heterocycles. The summed E-state index contributed by atoms with van der Waals surface area (Å²) in [4.78, 5) is 0.310. The highest BCUT2D eigenvalue weighted by molar-refractivity contribution is 7.81. The summed E-state index contributed by atoms with van der Waals surface area (Å²) in [5.74, 6) is 0.964. The van der Waals surface area contributed by atoms with Crippen molar-refractivity contribution in [2.24, 2.45) is 0 Å². The van der Waals surface area contributed by atoms with Gasteiger partial charge in [0.2, 0.25) is 0 Å². The minimum Gasteiger partial charge on any atom is -0.302 e. The Morgan fingerprint density at radius 3 is 1.61 bits per heavy atom. The van der Waals surface area contributed by atoms with Gasteiger partial charge in [-0.25, -0.2) is 4.21 Å². The van der Waals surface area contributed by atoms with E-state index in [1.165, 1.54) is 16.7 Å². The molecule has 0 heterocycles. The molecular weight excluding hydrogens is 491 g/mol. The number of benzene rings is 2. The Labute approximate surface area is 221 Å². The van der Waals surface area contributed by atoms with E-state index in [0.29, 0.717) is 10.8 Å². The highest BCUT2D eigenvalue weighted by atomic mass is 32.2. The third-order valence-corrected chi connectivity index (χ3v) is 9.56. The highest BCUT2D eigenvalue weighted by Gasteiger charge is 2.35. The van der Waals surface area contributed by atoms with Gasteiger partial charge in [-0.3, -0.25) is 8.75 Å². The number of hydrogen-bond donors (Lipinski definition) is 0. The molecule has 36 heavy (non-hydrogen) atoms. The van der Waals surface area contributed by atoms with Gasteiger partial charge in [0.05, 0.1) is 28.5 Å². The van der Waals surface area contributed by atoms with Crippen molar-refractivity contribution in [3.05, 3.63) is 58.7 Å². The van der Waals surface area contributed by atoms with E-state index >= 15 is 0 Å². The van der Waals surface area contributed by atoms with Crippen molar-refractivity contribution < 1.29 is 22.0 Å². The number of rotatable bonds is 12. The van der Waals surface area contributed by atoms with Crippen LogP contribution in [0.2, 0.25) is 0 Å². The Morgan fingerprint density at radius 1 is 0.722 bits per heavy atom. The minimum absolute atomic E-state index is 0.279. The van der Waals surface area contributed by atoms with Crippen molar-refractivity contribution in [2.45, 2.75) is 117 Å². The standard InChI is InChI=1S/C29H45O5PS/c1-18(2)24-16-25(19(3)4)29(26(17-24)20(5)6)23(11)34-36(31)28-15-13-12-14-27(28)35(30,32-21(7)8)33-22(9)10/h12-23H,1-11H3/t23-,36?/m1/s1. The Kier molecular flexibility index (Phi) is 11.1. The third-order valence-electron chi connectivity index (χ3n) is 5.85. The second-order valence-corrected chi connectivity index (χ2v) is 13.8. The fraction of sp³-hybridized carbons (Fsp3) is 0.586. The van der Waals surface area contributed by atoms with Gasteiger partial charge in [-0.1, -0.05) is 65.8 Å². The van der Waals surface area contributed by atoms with E-state index < -0.39 is 24.8 Å². The molecule has 202 valence electrons. The van der Waals surface area contributed by atoms with Crippen LogP contribution >= 0.6 is 7.60 Å². The molecule has 0 aliphatic carbocycles. The van der Waals surface area contributed by atoms with E-state index in [1.54, 1.807) is 52.0 Å². The molecule has 0 aliphatic rings. The summed E-state index contributed by atoms with van der Waals surface area (Å²) < 4.78 is 45.3. The van der Waals surface area contributed by atoms with Crippen molar-refractivity contribution in [1.82, 2.24) is 0 Å². The quantitative estimate of drug-likeness (QED) is 0.254. The maximum Gasteiger partial charge on any atom is 0.363 e. The zero-order chi connectivity index (χ0) is 27.4. The average Bonchev–Trinajstić information content (AvgIpc) is 2.76. The maximum atomic E-state index is 13.9. The van der Waals surface area contributed by atoms with Crippen LogP contribution in [0.1, 0.15) is 122 Å². The lowest BCUT2D eigenvalue weighted by Gasteiger charge is -2.27. The Morgan fingerprint density at radius 2 is 1.19 bits per heavy atom. The van der Waals surface area contributed by atoms with Crippen molar-refractivity contribution >= 4 is 24.0 Å². The minimum atomic E-state index is -3.73. The zero-order valence-electron chi connectivity index (χ0n) is 23.8. The normalized spacial score (nSPS) is 14.4. The molecule has 5 nitrogen and oxygen atoms in total. The fourth-order valence-corrected chi connectivity index (χ4v) is 7.68. The van der Waals surface area contributed by atoms with Gasteiger partial charge in [0.25, 0.3) is 0 Å². The molecule has 0 spiro atoms. The number of hydrogen-bond acceptors (Lipinski definition) is 5. The summed E-state index contributed by atoms with van der Waals surface area (Å²) in [6, 6.07) is 11.4. The molecule has 2 rings (SSSR count). The molecule has 0 aromatic heterocycles. The highest BCUT2D eigenvalue weighted by Crippen LogP contribution is 2.50. The maximum absolute atomic E-state index is 13.9. The monoisotopic (exact) mass is 536 g/mol. The fourth-order valence-electron chi connectivity index (χ4n) is 4.23. The van der Waals surface area contributed by atoms with Crippen LogP contribution < -0.4 is 5.30 Å². The van der Waals surface area contributed by atoms with E-state index in [0.717, 1.165) is 5.56 Å². The summed E-state index contributed by atoms with van der Waals surface area (Å²) in [6.07, 6.45) is -1.11. The Balaban J connectivity index is 2.56. The Hall–Kier alpha value is -1.30. The average molecular weight is 537 g/mol. The summed E-state index contributed by atoms with van der Waals surface area (Å²) in [5, 5.41) is 0.279. The van der Waals surface area contributed by atoms with E-state index in [2.05, 4.69) is 53.7 Å². The Bertz CT molecular complexity index is 1050. The van der Waals surface area contributed by atoms with Crippen LogP contribution in [0, 0.1) is 0 Å². The first kappa shape index (κ1) is 30.9. The molecule has 1 unspecified atom stereocenters. The van der Waals surface area contributed by atoms with Gasteiger partial charge < -0.3 is 9.05 Å². The van der Waals surface area contributed by atoms with Gasteiger partial charge in [0.1, 0.15) is 0 Å². The summed E-state index contributed by atoms with van der Waals surface area (Å²) in [5.41, 5.74) is 4.79. The molecule has 0 N–H and O–H groups in total. The molecule has 0 aliphatic heterocycles. The predicted octanol–water partition coefficient (Wildman–Crippen LogP) is 8.53. The van der Waals surface area contributed by atoms with Crippen LogP contribution in [-0.4, -0.2) is 16.4 Å². The van der Waals surface area contributed by atoms with Gasteiger partial charge >= 0.3 is 7.60 Å². The second-order valence-electron chi connectivity index (χ2n) is 10.8. The topological polar surface area (TPSA) is 61.8 Å². The molecule has 2 atom stereocenters.